The van der Waals surface area contributed by atoms with Crippen molar-refractivity contribution in [1.82, 2.24) is 19.8 Å². The molecular weight excluding hydrogens is 472 g/mol. The van der Waals surface area contributed by atoms with E-state index in [-0.39, 0.29) is 30.1 Å². The van der Waals surface area contributed by atoms with Crippen LogP contribution in [0, 0.1) is 0 Å². The molecular formula is C21H24BrClN4O3. The lowest BCUT2D eigenvalue weighted by atomic mass is 9.89. The molecule has 0 bridgehead atoms. The van der Waals surface area contributed by atoms with Gasteiger partial charge in [-0.15, -0.1) is 0 Å². The van der Waals surface area contributed by atoms with E-state index in [2.05, 4.69) is 44.6 Å². The molecule has 9 heteroatoms. The van der Waals surface area contributed by atoms with Gasteiger partial charge in [0.25, 0.3) is 5.91 Å². The fourth-order valence-corrected chi connectivity index (χ4v) is 5.62. The summed E-state index contributed by atoms with van der Waals surface area (Å²) in [6.45, 7) is 4.14. The van der Waals surface area contributed by atoms with Crippen LogP contribution in [0.4, 0.5) is 4.79 Å². The van der Waals surface area contributed by atoms with E-state index in [4.69, 9.17) is 16.7 Å². The molecule has 1 atom stereocenters. The van der Waals surface area contributed by atoms with Crippen LogP contribution >= 0.6 is 27.5 Å². The van der Waals surface area contributed by atoms with Gasteiger partial charge >= 0.3 is 6.09 Å². The van der Waals surface area contributed by atoms with Gasteiger partial charge in [0, 0.05) is 23.1 Å². The molecule has 1 fully saturated rings. The topological polar surface area (TPSA) is 87.5 Å². The number of fused-ring (bicyclic) bond motifs is 1. The number of hydrogen-bond donors (Lipinski definition) is 2. The highest BCUT2D eigenvalue weighted by atomic mass is 79.9. The van der Waals surface area contributed by atoms with Crippen LogP contribution in [0.2, 0.25) is 5.02 Å². The molecule has 160 valence electrons. The fourth-order valence-electron chi connectivity index (χ4n) is 4.71. The van der Waals surface area contributed by atoms with Gasteiger partial charge in [-0.1, -0.05) is 23.7 Å². The Morgan fingerprint density at radius 1 is 1.23 bits per heavy atom. The Hall–Kier alpha value is -2.06. The smallest absolute Gasteiger partial charge is 0.404 e. The zero-order chi connectivity index (χ0) is 21.6. The van der Waals surface area contributed by atoms with Crippen LogP contribution < -0.4 is 5.32 Å². The van der Waals surface area contributed by atoms with Crippen molar-refractivity contribution in [2.45, 2.75) is 63.7 Å². The van der Waals surface area contributed by atoms with Crippen molar-refractivity contribution in [2.75, 3.05) is 0 Å². The number of hydrogen-bond acceptors (Lipinski definition) is 3. The van der Waals surface area contributed by atoms with Crippen molar-refractivity contribution >= 4 is 39.5 Å². The molecule has 1 aromatic carbocycles. The Balaban J connectivity index is 1.72. The molecule has 1 aromatic heterocycles. The first-order valence-electron chi connectivity index (χ1n) is 10.1. The van der Waals surface area contributed by atoms with Crippen molar-refractivity contribution in [3.63, 3.8) is 0 Å². The molecule has 2 N–H and O–H groups in total. The molecule has 30 heavy (non-hydrogen) atoms. The molecule has 1 saturated carbocycles. The first-order valence-corrected chi connectivity index (χ1v) is 11.3. The summed E-state index contributed by atoms with van der Waals surface area (Å²) >= 11 is 9.64. The summed E-state index contributed by atoms with van der Waals surface area (Å²) in [5.74, 6) is -0.0697. The standard InChI is InChI=1S/C21H24BrClN4O3/c1-11(2)26-18-16(25-20(26)22)19(28)27(17(18)12-3-5-13(23)6-4-12)15-9-7-14(8-10-15)24-21(29)30/h3-6,11,14-15,17,24H,7-10H2,1-2H3,(H,29,30). The average Bonchev–Trinajstić information content (AvgIpc) is 3.16. The lowest BCUT2D eigenvalue weighted by Crippen LogP contribution is -2.45. The summed E-state index contributed by atoms with van der Waals surface area (Å²) in [6, 6.07) is 7.46. The number of carbonyl (C=O) groups is 2. The number of imidazole rings is 1. The lowest BCUT2D eigenvalue weighted by molar-refractivity contribution is 0.0583. The molecule has 1 aliphatic heterocycles. The maximum atomic E-state index is 13.5. The van der Waals surface area contributed by atoms with Crippen LogP contribution in [0.25, 0.3) is 0 Å². The highest BCUT2D eigenvalue weighted by Gasteiger charge is 2.46. The molecule has 7 nitrogen and oxygen atoms in total. The maximum Gasteiger partial charge on any atom is 0.404 e. The Labute approximate surface area is 188 Å². The number of nitrogens with one attached hydrogen (secondary N) is 1. The fraction of sp³-hybridized carbons (Fsp3) is 0.476. The Bertz CT molecular complexity index is 967. The van der Waals surface area contributed by atoms with Crippen LogP contribution in [-0.4, -0.2) is 43.6 Å². The predicted octanol–water partition coefficient (Wildman–Crippen LogP) is 5.00. The second-order valence-electron chi connectivity index (χ2n) is 8.20. The first kappa shape index (κ1) is 21.2. The van der Waals surface area contributed by atoms with E-state index in [0.717, 1.165) is 24.1 Å². The molecule has 2 aromatic rings. The van der Waals surface area contributed by atoms with E-state index in [9.17, 15) is 9.59 Å². The lowest BCUT2D eigenvalue weighted by Gasteiger charge is -2.38. The second kappa shape index (κ2) is 8.23. The minimum Gasteiger partial charge on any atom is -0.465 e. The van der Waals surface area contributed by atoms with Gasteiger partial charge in [-0.3, -0.25) is 4.79 Å². The summed E-state index contributed by atoms with van der Waals surface area (Å²) in [6.07, 6.45) is 1.91. The normalized spacial score (nSPS) is 23.7. The number of amides is 2. The Morgan fingerprint density at radius 2 is 1.87 bits per heavy atom. The zero-order valence-electron chi connectivity index (χ0n) is 16.8. The van der Waals surface area contributed by atoms with E-state index < -0.39 is 6.09 Å². The quantitative estimate of drug-likeness (QED) is 0.624. The highest BCUT2D eigenvalue weighted by molar-refractivity contribution is 9.10. The number of nitrogens with zero attached hydrogens (tertiary/aromatic N) is 3. The van der Waals surface area contributed by atoms with E-state index in [1.54, 1.807) is 0 Å². The molecule has 0 radical (unpaired) electrons. The third kappa shape index (κ3) is 3.71. The molecule has 2 amide bonds. The SMILES string of the molecule is CC(C)n1c(Br)nc2c1C(c1ccc(Cl)cc1)N(C1CCC(NC(=O)O)CC1)C2=O. The molecule has 4 rings (SSSR count). The van der Waals surface area contributed by atoms with Crippen LogP contribution in [0.5, 0.6) is 0 Å². The van der Waals surface area contributed by atoms with Crippen molar-refractivity contribution in [2.24, 2.45) is 0 Å². The summed E-state index contributed by atoms with van der Waals surface area (Å²) in [4.78, 5) is 31.0. The number of halogens is 2. The van der Waals surface area contributed by atoms with Gasteiger partial charge in [0.1, 0.15) is 6.04 Å². The van der Waals surface area contributed by atoms with E-state index in [0.29, 0.717) is 28.3 Å². The van der Waals surface area contributed by atoms with Crippen molar-refractivity contribution in [3.8, 4) is 0 Å². The van der Waals surface area contributed by atoms with Gasteiger partial charge in [-0.25, -0.2) is 9.78 Å². The summed E-state index contributed by atoms with van der Waals surface area (Å²) in [5, 5.41) is 12.2. The molecule has 0 spiro atoms. The second-order valence-corrected chi connectivity index (χ2v) is 9.35. The Kier molecular flexibility index (Phi) is 5.81. The first-order chi connectivity index (χ1) is 14.3. The molecule has 2 heterocycles. The average molecular weight is 496 g/mol. The van der Waals surface area contributed by atoms with Crippen molar-refractivity contribution < 1.29 is 14.7 Å². The van der Waals surface area contributed by atoms with Gasteiger partial charge < -0.3 is 19.9 Å². The third-order valence-corrected chi connectivity index (χ3v) is 6.81. The summed E-state index contributed by atoms with van der Waals surface area (Å²) in [5.41, 5.74) is 2.38. The van der Waals surface area contributed by atoms with E-state index in [1.165, 1.54) is 0 Å². The zero-order valence-corrected chi connectivity index (χ0v) is 19.2. The van der Waals surface area contributed by atoms with E-state index in [1.807, 2.05) is 29.2 Å². The van der Waals surface area contributed by atoms with E-state index >= 15 is 0 Å². The predicted molar refractivity (Wildman–Crippen MR) is 117 cm³/mol. The van der Waals surface area contributed by atoms with Crippen LogP contribution in [0.3, 0.4) is 0 Å². The van der Waals surface area contributed by atoms with Crippen LogP contribution in [-0.2, 0) is 0 Å². The Morgan fingerprint density at radius 3 is 2.43 bits per heavy atom. The monoisotopic (exact) mass is 494 g/mol. The number of benzene rings is 1. The van der Waals surface area contributed by atoms with Gasteiger partial charge in [-0.2, -0.15) is 0 Å². The van der Waals surface area contributed by atoms with Crippen LogP contribution in [0.15, 0.2) is 29.0 Å². The molecule has 1 unspecified atom stereocenters. The summed E-state index contributed by atoms with van der Waals surface area (Å²) in [7, 11) is 0. The molecule has 0 saturated heterocycles. The van der Waals surface area contributed by atoms with Crippen molar-refractivity contribution in [3.05, 3.63) is 51.0 Å². The van der Waals surface area contributed by atoms with Crippen molar-refractivity contribution in [1.29, 1.82) is 0 Å². The number of carbonyl (C=O) groups excluding carboxylic acids is 1. The van der Waals surface area contributed by atoms with Gasteiger partial charge in [-0.05, 0) is 73.2 Å². The number of aromatic nitrogens is 2. The largest absolute Gasteiger partial charge is 0.465 e. The van der Waals surface area contributed by atoms with Crippen LogP contribution in [0.1, 0.15) is 73.4 Å². The van der Waals surface area contributed by atoms with Gasteiger partial charge in [0.05, 0.1) is 5.69 Å². The van der Waals surface area contributed by atoms with Gasteiger partial charge in [0.15, 0.2) is 10.4 Å². The third-order valence-electron chi connectivity index (χ3n) is 6.00. The number of carboxylic acid groups (broad SMARTS) is 1. The van der Waals surface area contributed by atoms with Gasteiger partial charge in [0.2, 0.25) is 0 Å². The number of rotatable bonds is 4. The highest BCUT2D eigenvalue weighted by Crippen LogP contribution is 2.44. The summed E-state index contributed by atoms with van der Waals surface area (Å²) < 4.78 is 2.73. The molecule has 1 aliphatic carbocycles. The molecule has 2 aliphatic rings. The minimum absolute atomic E-state index is 0.0265. The maximum absolute atomic E-state index is 13.5. The minimum atomic E-state index is -0.998.